The standard InChI is InChI=1S/C12H15N2O3S/c1-18(16,17)14-9-7-13(8-10-14)12(15)11-5-3-2-4-6-11/h2-6H,1,7-10H2. The summed E-state index contributed by atoms with van der Waals surface area (Å²) >= 11 is 0. The molecule has 1 aromatic carbocycles. The molecule has 0 bridgehead atoms. The van der Waals surface area contributed by atoms with E-state index in [1.165, 1.54) is 4.31 Å². The van der Waals surface area contributed by atoms with E-state index in [0.717, 1.165) is 0 Å². The molecule has 0 spiro atoms. The van der Waals surface area contributed by atoms with E-state index in [-0.39, 0.29) is 5.91 Å². The highest BCUT2D eigenvalue weighted by atomic mass is 32.2. The average molecular weight is 267 g/mol. The molecule has 1 saturated heterocycles. The molecule has 0 atom stereocenters. The minimum Gasteiger partial charge on any atom is -0.336 e. The van der Waals surface area contributed by atoms with Crippen LogP contribution in [-0.4, -0.2) is 49.7 Å². The smallest absolute Gasteiger partial charge is 0.253 e. The second-order valence-electron chi connectivity index (χ2n) is 4.17. The normalized spacial score (nSPS) is 17.7. The van der Waals surface area contributed by atoms with Gasteiger partial charge in [0.1, 0.15) is 0 Å². The van der Waals surface area contributed by atoms with E-state index in [2.05, 4.69) is 6.26 Å². The number of carbonyl (C=O) groups excluding carboxylic acids is 1. The summed E-state index contributed by atoms with van der Waals surface area (Å²) in [7, 11) is -3.39. The van der Waals surface area contributed by atoms with Gasteiger partial charge in [0.25, 0.3) is 5.91 Å². The van der Waals surface area contributed by atoms with Crippen molar-refractivity contribution in [3.8, 4) is 0 Å². The number of piperazine rings is 1. The van der Waals surface area contributed by atoms with Gasteiger partial charge in [0, 0.05) is 31.7 Å². The Morgan fingerprint density at radius 1 is 1.06 bits per heavy atom. The Morgan fingerprint density at radius 3 is 2.11 bits per heavy atom. The topological polar surface area (TPSA) is 57.7 Å². The van der Waals surface area contributed by atoms with Gasteiger partial charge in [-0.3, -0.25) is 4.79 Å². The Bertz CT molecular complexity index is 520. The lowest BCUT2D eigenvalue weighted by atomic mass is 10.2. The highest BCUT2D eigenvalue weighted by Crippen LogP contribution is 2.10. The highest BCUT2D eigenvalue weighted by Gasteiger charge is 2.26. The lowest BCUT2D eigenvalue weighted by molar-refractivity contribution is 0.0698. The quantitative estimate of drug-likeness (QED) is 0.787. The zero-order chi connectivity index (χ0) is 13.2. The molecule has 5 nitrogen and oxygen atoms in total. The summed E-state index contributed by atoms with van der Waals surface area (Å²) in [5.41, 5.74) is 0.628. The molecule has 2 rings (SSSR count). The van der Waals surface area contributed by atoms with Crippen molar-refractivity contribution in [1.82, 2.24) is 9.21 Å². The van der Waals surface area contributed by atoms with Gasteiger partial charge in [0.15, 0.2) is 0 Å². The van der Waals surface area contributed by atoms with Crippen molar-refractivity contribution in [2.75, 3.05) is 26.2 Å². The molecular weight excluding hydrogens is 252 g/mol. The second kappa shape index (κ2) is 5.07. The van der Waals surface area contributed by atoms with Gasteiger partial charge in [-0.05, 0) is 12.1 Å². The van der Waals surface area contributed by atoms with E-state index in [1.54, 1.807) is 17.0 Å². The van der Waals surface area contributed by atoms with Crippen molar-refractivity contribution >= 4 is 15.9 Å². The number of carbonyl (C=O) groups is 1. The van der Waals surface area contributed by atoms with Crippen LogP contribution in [0, 0.1) is 6.26 Å². The van der Waals surface area contributed by atoms with E-state index >= 15 is 0 Å². The van der Waals surface area contributed by atoms with Crippen LogP contribution >= 0.6 is 0 Å². The first-order chi connectivity index (χ1) is 8.48. The van der Waals surface area contributed by atoms with E-state index in [1.807, 2.05) is 18.2 Å². The molecule has 0 N–H and O–H groups in total. The summed E-state index contributed by atoms with van der Waals surface area (Å²) in [6.07, 6.45) is 3.12. The molecule has 1 aliphatic rings. The maximum atomic E-state index is 12.1. The first kappa shape index (κ1) is 13.0. The summed E-state index contributed by atoms with van der Waals surface area (Å²) in [4.78, 5) is 13.8. The first-order valence-electron chi connectivity index (χ1n) is 5.66. The number of sulfonamides is 1. The zero-order valence-corrected chi connectivity index (χ0v) is 10.8. The molecule has 1 heterocycles. The van der Waals surface area contributed by atoms with Crippen LogP contribution in [0.1, 0.15) is 10.4 Å². The molecule has 18 heavy (non-hydrogen) atoms. The number of amides is 1. The van der Waals surface area contributed by atoms with Gasteiger partial charge in [-0.25, -0.2) is 8.42 Å². The molecule has 0 saturated carbocycles. The van der Waals surface area contributed by atoms with E-state index in [4.69, 9.17) is 0 Å². The fourth-order valence-electron chi connectivity index (χ4n) is 1.93. The predicted octanol–water partition coefficient (Wildman–Crippen LogP) is 0.566. The van der Waals surface area contributed by atoms with Gasteiger partial charge in [0.2, 0.25) is 10.0 Å². The van der Waals surface area contributed by atoms with Crippen LogP contribution in [0.25, 0.3) is 0 Å². The van der Waals surface area contributed by atoms with Gasteiger partial charge in [-0.2, -0.15) is 4.31 Å². The van der Waals surface area contributed by atoms with Gasteiger partial charge in [-0.15, -0.1) is 0 Å². The summed E-state index contributed by atoms with van der Waals surface area (Å²) in [6, 6.07) is 8.98. The Hall–Kier alpha value is -1.40. The maximum absolute atomic E-state index is 12.1. The Morgan fingerprint density at radius 2 is 1.61 bits per heavy atom. The number of rotatable bonds is 2. The maximum Gasteiger partial charge on any atom is 0.253 e. The van der Waals surface area contributed by atoms with Gasteiger partial charge >= 0.3 is 0 Å². The predicted molar refractivity (Wildman–Crippen MR) is 68.2 cm³/mol. The number of hydrogen-bond donors (Lipinski definition) is 0. The Balaban J connectivity index is 2.01. The summed E-state index contributed by atoms with van der Waals surface area (Å²) in [6.45, 7) is 1.43. The third-order valence-corrected chi connectivity index (χ3v) is 4.09. The number of nitrogens with zero attached hydrogens (tertiary/aromatic N) is 2. The molecule has 1 aromatic rings. The van der Waals surface area contributed by atoms with Crippen LogP contribution in [0.15, 0.2) is 30.3 Å². The lowest BCUT2D eigenvalue weighted by Crippen LogP contribution is -2.49. The van der Waals surface area contributed by atoms with Crippen molar-refractivity contribution in [2.24, 2.45) is 0 Å². The van der Waals surface area contributed by atoms with Crippen molar-refractivity contribution in [2.45, 2.75) is 0 Å². The number of hydrogen-bond acceptors (Lipinski definition) is 3. The molecule has 1 amide bonds. The van der Waals surface area contributed by atoms with E-state index in [9.17, 15) is 13.2 Å². The van der Waals surface area contributed by atoms with Crippen molar-refractivity contribution in [3.05, 3.63) is 42.2 Å². The molecule has 97 valence electrons. The molecule has 1 fully saturated rings. The van der Waals surface area contributed by atoms with Crippen LogP contribution in [0.5, 0.6) is 0 Å². The van der Waals surface area contributed by atoms with Crippen molar-refractivity contribution in [1.29, 1.82) is 0 Å². The molecule has 6 heteroatoms. The minimum atomic E-state index is -3.39. The average Bonchev–Trinajstić information content (AvgIpc) is 2.38. The number of benzene rings is 1. The largest absolute Gasteiger partial charge is 0.336 e. The molecule has 1 aliphatic heterocycles. The summed E-state index contributed by atoms with van der Waals surface area (Å²) in [5.74, 6) is -0.0586. The third-order valence-electron chi connectivity index (χ3n) is 2.94. The van der Waals surface area contributed by atoms with Crippen LogP contribution in [0.2, 0.25) is 0 Å². The molecule has 0 aromatic heterocycles. The minimum absolute atomic E-state index is 0.0586. The second-order valence-corrected chi connectivity index (χ2v) is 5.85. The Labute approximate surface area is 107 Å². The van der Waals surface area contributed by atoms with E-state index in [0.29, 0.717) is 31.7 Å². The van der Waals surface area contributed by atoms with E-state index < -0.39 is 10.0 Å². The third kappa shape index (κ3) is 2.88. The lowest BCUT2D eigenvalue weighted by Gasteiger charge is -2.33. The van der Waals surface area contributed by atoms with Gasteiger partial charge in [-0.1, -0.05) is 18.2 Å². The SMILES string of the molecule is [CH2]S(=O)(=O)N1CCN(C(=O)c2ccccc2)CC1. The fourth-order valence-corrected chi connectivity index (χ4v) is 2.65. The Kier molecular flexibility index (Phi) is 3.68. The van der Waals surface area contributed by atoms with Crippen LogP contribution in [0.4, 0.5) is 0 Å². The zero-order valence-electron chi connectivity index (χ0n) is 9.95. The van der Waals surface area contributed by atoms with Crippen molar-refractivity contribution < 1.29 is 13.2 Å². The summed E-state index contributed by atoms with van der Waals surface area (Å²) < 4.78 is 23.8. The van der Waals surface area contributed by atoms with Crippen LogP contribution in [0.3, 0.4) is 0 Å². The van der Waals surface area contributed by atoms with Gasteiger partial charge < -0.3 is 4.90 Å². The molecule has 0 aliphatic carbocycles. The highest BCUT2D eigenvalue weighted by molar-refractivity contribution is 7.90. The molecule has 1 radical (unpaired) electrons. The fraction of sp³-hybridized carbons (Fsp3) is 0.333. The molecular formula is C12H15N2O3S. The van der Waals surface area contributed by atoms with Crippen molar-refractivity contribution in [3.63, 3.8) is 0 Å². The van der Waals surface area contributed by atoms with Gasteiger partial charge in [0.05, 0.1) is 6.26 Å². The molecule has 0 unspecified atom stereocenters. The summed E-state index contributed by atoms with van der Waals surface area (Å²) in [5, 5.41) is 0. The van der Waals surface area contributed by atoms with Crippen LogP contribution in [-0.2, 0) is 10.0 Å². The monoisotopic (exact) mass is 267 g/mol. The van der Waals surface area contributed by atoms with Crippen LogP contribution < -0.4 is 0 Å². The first-order valence-corrected chi connectivity index (χ1v) is 7.27.